The molecular formula is C12H17N3. The van der Waals surface area contributed by atoms with Gasteiger partial charge in [-0.25, -0.2) is 0 Å². The van der Waals surface area contributed by atoms with Crippen molar-refractivity contribution in [2.24, 2.45) is 0 Å². The number of nitrogens with zero attached hydrogens (tertiary/aromatic N) is 3. The Hall–Kier alpha value is -1.22. The summed E-state index contributed by atoms with van der Waals surface area (Å²) in [6.45, 7) is 6.14. The highest BCUT2D eigenvalue weighted by Gasteiger charge is 2.13. The molecule has 1 aromatic heterocycles. The van der Waals surface area contributed by atoms with Gasteiger partial charge in [-0.3, -0.25) is 9.97 Å². The first-order chi connectivity index (χ1) is 7.16. The van der Waals surface area contributed by atoms with Crippen LogP contribution in [0, 0.1) is 13.8 Å². The molecule has 0 radical (unpaired) electrons. The first-order valence-electron chi connectivity index (χ1n) is 5.35. The molecular weight excluding hydrogens is 186 g/mol. The molecule has 2 heterocycles. The SMILES string of the molecule is Cc1cnc(C2=CCCN(C)C2)c(C)n1. The van der Waals surface area contributed by atoms with E-state index in [1.54, 1.807) is 0 Å². The molecule has 80 valence electrons. The van der Waals surface area contributed by atoms with E-state index in [9.17, 15) is 0 Å². The van der Waals surface area contributed by atoms with Gasteiger partial charge in [0.05, 0.1) is 17.1 Å². The molecule has 3 nitrogen and oxygen atoms in total. The van der Waals surface area contributed by atoms with E-state index in [0.717, 1.165) is 36.6 Å². The van der Waals surface area contributed by atoms with E-state index in [1.165, 1.54) is 5.57 Å². The van der Waals surface area contributed by atoms with Crippen molar-refractivity contribution >= 4 is 5.57 Å². The molecule has 3 heteroatoms. The van der Waals surface area contributed by atoms with Crippen molar-refractivity contribution in [3.8, 4) is 0 Å². The van der Waals surface area contributed by atoms with Crippen LogP contribution < -0.4 is 0 Å². The Kier molecular flexibility index (Phi) is 2.82. The van der Waals surface area contributed by atoms with Crippen molar-refractivity contribution in [1.82, 2.24) is 14.9 Å². The zero-order valence-corrected chi connectivity index (χ0v) is 9.62. The van der Waals surface area contributed by atoms with Crippen molar-refractivity contribution < 1.29 is 0 Å². The molecule has 1 aliphatic rings. The van der Waals surface area contributed by atoms with Crippen LogP contribution in [0.3, 0.4) is 0 Å². The Morgan fingerprint density at radius 2 is 2.13 bits per heavy atom. The lowest BCUT2D eigenvalue weighted by molar-refractivity contribution is 0.372. The van der Waals surface area contributed by atoms with Crippen molar-refractivity contribution in [2.75, 3.05) is 20.1 Å². The topological polar surface area (TPSA) is 29.0 Å². The van der Waals surface area contributed by atoms with Crippen LogP contribution in [-0.4, -0.2) is 35.0 Å². The summed E-state index contributed by atoms with van der Waals surface area (Å²) in [5.41, 5.74) is 4.40. The fourth-order valence-electron chi connectivity index (χ4n) is 1.98. The summed E-state index contributed by atoms with van der Waals surface area (Å²) in [5, 5.41) is 0. The van der Waals surface area contributed by atoms with Crippen LogP contribution in [0.15, 0.2) is 12.3 Å². The molecule has 0 N–H and O–H groups in total. The van der Waals surface area contributed by atoms with E-state index in [2.05, 4.69) is 28.0 Å². The molecule has 1 aromatic rings. The van der Waals surface area contributed by atoms with E-state index in [0.29, 0.717) is 0 Å². The second-order valence-corrected chi connectivity index (χ2v) is 4.20. The Morgan fingerprint density at radius 1 is 1.33 bits per heavy atom. The molecule has 0 amide bonds. The molecule has 0 fully saturated rings. The van der Waals surface area contributed by atoms with Gasteiger partial charge in [-0.2, -0.15) is 0 Å². The van der Waals surface area contributed by atoms with Gasteiger partial charge < -0.3 is 4.90 Å². The van der Waals surface area contributed by atoms with E-state index < -0.39 is 0 Å². The van der Waals surface area contributed by atoms with Gasteiger partial charge in [-0.05, 0) is 32.9 Å². The summed E-state index contributed by atoms with van der Waals surface area (Å²) >= 11 is 0. The van der Waals surface area contributed by atoms with Crippen molar-refractivity contribution in [3.63, 3.8) is 0 Å². The molecule has 0 spiro atoms. The minimum atomic E-state index is 0.985. The largest absolute Gasteiger partial charge is 0.302 e. The van der Waals surface area contributed by atoms with Crippen molar-refractivity contribution in [3.05, 3.63) is 29.4 Å². The third kappa shape index (κ3) is 2.23. The van der Waals surface area contributed by atoms with Crippen LogP contribution in [0.4, 0.5) is 0 Å². The number of hydrogen-bond donors (Lipinski definition) is 0. The summed E-state index contributed by atoms with van der Waals surface area (Å²) in [7, 11) is 2.14. The smallest absolute Gasteiger partial charge is 0.0884 e. The normalized spacial score (nSPS) is 17.7. The predicted octanol–water partition coefficient (Wildman–Crippen LogP) is 1.81. The van der Waals surface area contributed by atoms with Crippen LogP contribution in [0.5, 0.6) is 0 Å². The first kappa shape index (κ1) is 10.3. The fourth-order valence-corrected chi connectivity index (χ4v) is 1.98. The quantitative estimate of drug-likeness (QED) is 0.697. The Morgan fingerprint density at radius 3 is 2.80 bits per heavy atom. The van der Waals surface area contributed by atoms with Crippen molar-refractivity contribution in [2.45, 2.75) is 20.3 Å². The van der Waals surface area contributed by atoms with Crippen LogP contribution >= 0.6 is 0 Å². The number of hydrogen-bond acceptors (Lipinski definition) is 3. The highest BCUT2D eigenvalue weighted by molar-refractivity contribution is 5.66. The predicted molar refractivity (Wildman–Crippen MR) is 61.6 cm³/mol. The van der Waals surface area contributed by atoms with Gasteiger partial charge in [0, 0.05) is 19.3 Å². The maximum atomic E-state index is 4.48. The molecule has 0 aromatic carbocycles. The molecule has 0 saturated heterocycles. The molecule has 0 aliphatic carbocycles. The van der Waals surface area contributed by atoms with E-state index in [1.807, 2.05) is 20.0 Å². The Bertz CT molecular complexity index is 396. The maximum Gasteiger partial charge on any atom is 0.0884 e. The molecule has 0 atom stereocenters. The van der Waals surface area contributed by atoms with Gasteiger partial charge in [-0.1, -0.05) is 6.08 Å². The summed E-state index contributed by atoms with van der Waals surface area (Å²) in [4.78, 5) is 11.2. The zero-order chi connectivity index (χ0) is 10.8. The highest BCUT2D eigenvalue weighted by Crippen LogP contribution is 2.19. The van der Waals surface area contributed by atoms with Gasteiger partial charge in [0.25, 0.3) is 0 Å². The summed E-state index contributed by atoms with van der Waals surface area (Å²) in [6.07, 6.45) is 5.24. The van der Waals surface area contributed by atoms with E-state index in [4.69, 9.17) is 0 Å². The minimum Gasteiger partial charge on any atom is -0.302 e. The third-order valence-corrected chi connectivity index (χ3v) is 2.71. The van der Waals surface area contributed by atoms with Gasteiger partial charge in [0.1, 0.15) is 0 Å². The average molecular weight is 203 g/mol. The molecule has 0 bridgehead atoms. The molecule has 15 heavy (non-hydrogen) atoms. The van der Waals surface area contributed by atoms with E-state index >= 15 is 0 Å². The monoisotopic (exact) mass is 203 g/mol. The summed E-state index contributed by atoms with van der Waals surface area (Å²) in [6, 6.07) is 0. The Balaban J connectivity index is 2.33. The lowest BCUT2D eigenvalue weighted by Crippen LogP contribution is -2.25. The number of likely N-dealkylation sites (N-methyl/N-ethyl adjacent to an activating group) is 1. The number of rotatable bonds is 1. The van der Waals surface area contributed by atoms with Gasteiger partial charge in [0.2, 0.25) is 0 Å². The van der Waals surface area contributed by atoms with Crippen LogP contribution in [0.2, 0.25) is 0 Å². The third-order valence-electron chi connectivity index (χ3n) is 2.71. The zero-order valence-electron chi connectivity index (χ0n) is 9.62. The fraction of sp³-hybridized carbons (Fsp3) is 0.500. The minimum absolute atomic E-state index is 0.985. The maximum absolute atomic E-state index is 4.48. The Labute approximate surface area is 90.9 Å². The first-order valence-corrected chi connectivity index (χ1v) is 5.35. The molecule has 1 aliphatic heterocycles. The van der Waals surface area contributed by atoms with Crippen LogP contribution in [0.25, 0.3) is 5.57 Å². The summed E-state index contributed by atoms with van der Waals surface area (Å²) in [5.74, 6) is 0. The lowest BCUT2D eigenvalue weighted by Gasteiger charge is -2.23. The highest BCUT2D eigenvalue weighted by atomic mass is 15.1. The van der Waals surface area contributed by atoms with Crippen molar-refractivity contribution in [1.29, 1.82) is 0 Å². The lowest BCUT2D eigenvalue weighted by atomic mass is 10.1. The molecule has 0 unspecified atom stereocenters. The molecule has 2 rings (SSSR count). The second kappa shape index (κ2) is 4.11. The second-order valence-electron chi connectivity index (χ2n) is 4.20. The number of aromatic nitrogens is 2. The van der Waals surface area contributed by atoms with E-state index in [-0.39, 0.29) is 0 Å². The number of aryl methyl sites for hydroxylation is 2. The molecule has 0 saturated carbocycles. The average Bonchev–Trinajstić information content (AvgIpc) is 2.17. The van der Waals surface area contributed by atoms with Crippen LogP contribution in [-0.2, 0) is 0 Å². The van der Waals surface area contributed by atoms with Gasteiger partial charge in [-0.15, -0.1) is 0 Å². The van der Waals surface area contributed by atoms with Crippen LogP contribution in [0.1, 0.15) is 23.5 Å². The van der Waals surface area contributed by atoms with Gasteiger partial charge >= 0.3 is 0 Å². The standard InChI is InChI=1S/C12H17N3/c1-9-7-13-12(10(2)14-9)11-5-4-6-15(3)8-11/h5,7H,4,6,8H2,1-3H3. The summed E-state index contributed by atoms with van der Waals surface area (Å²) < 4.78 is 0. The van der Waals surface area contributed by atoms with Gasteiger partial charge in [0.15, 0.2) is 0 Å².